The molecule has 0 radical (unpaired) electrons. The van der Waals surface area contributed by atoms with E-state index < -0.39 is 15.8 Å². The Morgan fingerprint density at radius 3 is 2.21 bits per heavy atom. The topological polar surface area (TPSA) is 66.5 Å². The van der Waals surface area contributed by atoms with Gasteiger partial charge in [-0.2, -0.15) is 0 Å². The molecule has 5 nitrogen and oxygen atoms in total. The smallest absolute Gasteiger partial charge is 0.255 e. The van der Waals surface area contributed by atoms with Gasteiger partial charge in [-0.05, 0) is 48.9 Å². The molecule has 0 aliphatic heterocycles. The van der Waals surface area contributed by atoms with Crippen LogP contribution < -0.4 is 9.62 Å². The number of sulfonamides is 1. The summed E-state index contributed by atoms with van der Waals surface area (Å²) in [4.78, 5) is 12.5. The summed E-state index contributed by atoms with van der Waals surface area (Å²) in [6.45, 7) is 1.76. The monoisotopic (exact) mass is 412 g/mol. The van der Waals surface area contributed by atoms with Crippen molar-refractivity contribution < 1.29 is 17.6 Å². The number of anilines is 2. The lowest BCUT2D eigenvalue weighted by molar-refractivity contribution is 0.102. The van der Waals surface area contributed by atoms with Gasteiger partial charge >= 0.3 is 0 Å². The zero-order valence-corrected chi connectivity index (χ0v) is 16.9. The highest BCUT2D eigenvalue weighted by atomic mass is 32.2. The second kappa shape index (κ2) is 8.45. The second-order valence-corrected chi connectivity index (χ2v) is 8.58. The molecule has 0 saturated heterocycles. The molecule has 0 aliphatic rings. The quantitative estimate of drug-likeness (QED) is 0.654. The summed E-state index contributed by atoms with van der Waals surface area (Å²) in [6, 6.07) is 19.6. The van der Waals surface area contributed by atoms with Gasteiger partial charge in [-0.3, -0.25) is 9.10 Å². The standard InChI is InChI=1S/C22H21FN2O3S/c1-16-7-3-6-10-21(16)24-22(26)17-11-13-19(14-12-17)25(29(2,27)28)15-18-8-4-5-9-20(18)23/h3-14H,15H2,1-2H3,(H,24,26). The summed E-state index contributed by atoms with van der Waals surface area (Å²) in [5.41, 5.74) is 2.64. The number of hydrogen-bond donors (Lipinski definition) is 1. The lowest BCUT2D eigenvalue weighted by atomic mass is 10.1. The Kier molecular flexibility index (Phi) is 5.98. The molecule has 150 valence electrons. The summed E-state index contributed by atoms with van der Waals surface area (Å²) in [7, 11) is -3.65. The van der Waals surface area contributed by atoms with Crippen molar-refractivity contribution in [2.75, 3.05) is 15.9 Å². The van der Waals surface area contributed by atoms with Crippen LogP contribution in [0, 0.1) is 12.7 Å². The number of hydrogen-bond acceptors (Lipinski definition) is 3. The van der Waals surface area contributed by atoms with E-state index in [1.54, 1.807) is 30.3 Å². The molecule has 0 heterocycles. The fourth-order valence-electron chi connectivity index (χ4n) is 2.87. The van der Waals surface area contributed by atoms with Crippen molar-refractivity contribution in [2.24, 2.45) is 0 Å². The summed E-state index contributed by atoms with van der Waals surface area (Å²) < 4.78 is 39.6. The lowest BCUT2D eigenvalue weighted by Gasteiger charge is -2.23. The Labute approximate surface area is 169 Å². The van der Waals surface area contributed by atoms with Crippen molar-refractivity contribution >= 4 is 27.3 Å². The molecular weight excluding hydrogens is 391 g/mol. The fraction of sp³-hybridized carbons (Fsp3) is 0.136. The van der Waals surface area contributed by atoms with E-state index in [0.29, 0.717) is 16.9 Å². The van der Waals surface area contributed by atoms with Crippen LogP contribution in [0.1, 0.15) is 21.5 Å². The number of amides is 1. The van der Waals surface area contributed by atoms with Crippen LogP contribution in [0.3, 0.4) is 0 Å². The third kappa shape index (κ3) is 5.00. The molecular formula is C22H21FN2O3S. The van der Waals surface area contributed by atoms with Crippen LogP contribution in [0.5, 0.6) is 0 Å². The third-order valence-electron chi connectivity index (χ3n) is 4.48. The van der Waals surface area contributed by atoms with E-state index in [4.69, 9.17) is 0 Å². The van der Waals surface area contributed by atoms with Crippen molar-refractivity contribution in [1.29, 1.82) is 0 Å². The molecule has 0 fully saturated rings. The highest BCUT2D eigenvalue weighted by molar-refractivity contribution is 7.92. The molecule has 29 heavy (non-hydrogen) atoms. The van der Waals surface area contributed by atoms with Crippen molar-refractivity contribution in [3.8, 4) is 0 Å². The maximum absolute atomic E-state index is 14.0. The van der Waals surface area contributed by atoms with Gasteiger partial charge < -0.3 is 5.32 Å². The Bertz CT molecular complexity index is 1130. The fourth-order valence-corrected chi connectivity index (χ4v) is 3.75. The molecule has 3 aromatic carbocycles. The molecule has 0 unspecified atom stereocenters. The number of nitrogens with one attached hydrogen (secondary N) is 1. The SMILES string of the molecule is Cc1ccccc1NC(=O)c1ccc(N(Cc2ccccc2F)S(C)(=O)=O)cc1. The van der Waals surface area contributed by atoms with E-state index in [1.807, 2.05) is 25.1 Å². The summed E-state index contributed by atoms with van der Waals surface area (Å²) >= 11 is 0. The van der Waals surface area contributed by atoms with E-state index in [-0.39, 0.29) is 18.0 Å². The largest absolute Gasteiger partial charge is 0.322 e. The Balaban J connectivity index is 1.83. The van der Waals surface area contributed by atoms with Gasteiger partial charge in [-0.25, -0.2) is 12.8 Å². The van der Waals surface area contributed by atoms with E-state index >= 15 is 0 Å². The molecule has 3 rings (SSSR count). The number of nitrogens with zero attached hydrogens (tertiary/aromatic N) is 1. The zero-order valence-electron chi connectivity index (χ0n) is 16.1. The predicted octanol–water partition coefficient (Wildman–Crippen LogP) is 4.35. The molecule has 0 aliphatic carbocycles. The van der Waals surface area contributed by atoms with Gasteiger partial charge in [0.25, 0.3) is 5.91 Å². The van der Waals surface area contributed by atoms with E-state index in [0.717, 1.165) is 16.1 Å². The van der Waals surface area contributed by atoms with Crippen LogP contribution in [0.15, 0.2) is 72.8 Å². The molecule has 1 N–H and O–H groups in total. The van der Waals surface area contributed by atoms with Crippen molar-refractivity contribution in [2.45, 2.75) is 13.5 Å². The summed E-state index contributed by atoms with van der Waals surface area (Å²) in [5, 5.41) is 2.83. The van der Waals surface area contributed by atoms with Gasteiger partial charge in [0.05, 0.1) is 18.5 Å². The maximum atomic E-state index is 14.0. The first-order chi connectivity index (χ1) is 13.8. The highest BCUT2D eigenvalue weighted by Crippen LogP contribution is 2.23. The van der Waals surface area contributed by atoms with Gasteiger partial charge in [0.15, 0.2) is 0 Å². The Morgan fingerprint density at radius 1 is 0.966 bits per heavy atom. The molecule has 1 amide bonds. The number of benzene rings is 3. The van der Waals surface area contributed by atoms with Gasteiger partial charge in [0.1, 0.15) is 5.82 Å². The first-order valence-corrected chi connectivity index (χ1v) is 10.8. The van der Waals surface area contributed by atoms with Crippen LogP contribution in [0.4, 0.5) is 15.8 Å². The normalized spacial score (nSPS) is 11.1. The van der Waals surface area contributed by atoms with E-state index in [9.17, 15) is 17.6 Å². The van der Waals surface area contributed by atoms with Crippen LogP contribution in [-0.2, 0) is 16.6 Å². The van der Waals surface area contributed by atoms with Crippen molar-refractivity contribution in [3.05, 3.63) is 95.3 Å². The number of aryl methyl sites for hydroxylation is 1. The minimum atomic E-state index is -3.65. The number of carbonyl (C=O) groups is 1. The molecule has 0 atom stereocenters. The Hall–Kier alpha value is -3.19. The molecule has 3 aromatic rings. The summed E-state index contributed by atoms with van der Waals surface area (Å²) in [5.74, 6) is -0.777. The lowest BCUT2D eigenvalue weighted by Crippen LogP contribution is -2.29. The molecule has 0 aromatic heterocycles. The highest BCUT2D eigenvalue weighted by Gasteiger charge is 2.20. The van der Waals surface area contributed by atoms with Gasteiger partial charge in [0.2, 0.25) is 10.0 Å². The van der Waals surface area contributed by atoms with Gasteiger partial charge in [-0.15, -0.1) is 0 Å². The van der Waals surface area contributed by atoms with Crippen LogP contribution in [-0.4, -0.2) is 20.6 Å². The van der Waals surface area contributed by atoms with E-state index in [1.165, 1.54) is 24.3 Å². The van der Waals surface area contributed by atoms with E-state index in [2.05, 4.69) is 5.32 Å². The number of carbonyl (C=O) groups excluding carboxylic acids is 1. The van der Waals surface area contributed by atoms with Crippen LogP contribution >= 0.6 is 0 Å². The minimum absolute atomic E-state index is 0.139. The minimum Gasteiger partial charge on any atom is -0.322 e. The predicted molar refractivity (Wildman–Crippen MR) is 113 cm³/mol. The Morgan fingerprint density at radius 2 is 1.59 bits per heavy atom. The average Bonchev–Trinajstić information content (AvgIpc) is 2.68. The maximum Gasteiger partial charge on any atom is 0.255 e. The molecule has 7 heteroatoms. The van der Waals surface area contributed by atoms with Gasteiger partial charge in [0, 0.05) is 16.8 Å². The second-order valence-electron chi connectivity index (χ2n) is 6.68. The number of halogens is 1. The zero-order chi connectivity index (χ0) is 21.0. The van der Waals surface area contributed by atoms with Crippen LogP contribution in [0.25, 0.3) is 0 Å². The summed E-state index contributed by atoms with van der Waals surface area (Å²) in [6.07, 6.45) is 1.06. The first kappa shape index (κ1) is 20.5. The van der Waals surface area contributed by atoms with Crippen LogP contribution in [0.2, 0.25) is 0 Å². The number of para-hydroxylation sites is 1. The molecule has 0 spiro atoms. The first-order valence-electron chi connectivity index (χ1n) is 8.94. The number of rotatable bonds is 6. The van der Waals surface area contributed by atoms with Gasteiger partial charge in [-0.1, -0.05) is 36.4 Å². The molecule has 0 bridgehead atoms. The third-order valence-corrected chi connectivity index (χ3v) is 5.62. The molecule has 0 saturated carbocycles. The average molecular weight is 412 g/mol. The van der Waals surface area contributed by atoms with Crippen molar-refractivity contribution in [1.82, 2.24) is 0 Å². The van der Waals surface area contributed by atoms with Crippen molar-refractivity contribution in [3.63, 3.8) is 0 Å².